The molecule has 0 unspecified atom stereocenters. The molecule has 0 nitrogen and oxygen atoms in total. The van der Waals surface area contributed by atoms with E-state index in [0.29, 0.717) is 0 Å². The summed E-state index contributed by atoms with van der Waals surface area (Å²) in [4.78, 5) is 0. The predicted molar refractivity (Wildman–Crippen MR) is 202 cm³/mol. The van der Waals surface area contributed by atoms with Crippen LogP contribution >= 0.6 is 0 Å². The minimum atomic E-state index is -1.89. The molecule has 10 rings (SSSR count). The quantitative estimate of drug-likeness (QED) is 0.129. The molecule has 46 heavy (non-hydrogen) atoms. The van der Waals surface area contributed by atoms with Crippen LogP contribution in [0.5, 0.6) is 0 Å². The summed E-state index contributed by atoms with van der Waals surface area (Å²) in [7, 11) is -1.89. The van der Waals surface area contributed by atoms with Crippen LogP contribution < -0.4 is 10.4 Å². The van der Waals surface area contributed by atoms with E-state index in [1.54, 1.807) is 21.5 Å². The summed E-state index contributed by atoms with van der Waals surface area (Å²) in [5, 5.41) is 16.7. The van der Waals surface area contributed by atoms with E-state index in [2.05, 4.69) is 147 Å². The molecule has 1 heteroatoms. The van der Waals surface area contributed by atoms with Crippen molar-refractivity contribution >= 4 is 72.3 Å². The molecule has 0 bridgehead atoms. The molecule has 8 aromatic carbocycles. The number of benzene rings is 8. The zero-order valence-corrected chi connectivity index (χ0v) is 27.5. The highest BCUT2D eigenvalue weighted by Crippen LogP contribution is 2.49. The Hall–Kier alpha value is -4.72. The molecule has 0 amide bonds. The first-order valence-corrected chi connectivity index (χ1v) is 20.0. The summed E-state index contributed by atoms with van der Waals surface area (Å²) >= 11 is 0. The smallest absolute Gasteiger partial charge is 0.0623 e. The zero-order chi connectivity index (χ0) is 30.6. The van der Waals surface area contributed by atoms with Gasteiger partial charge in [-0.25, -0.2) is 0 Å². The van der Waals surface area contributed by atoms with Gasteiger partial charge in [0, 0.05) is 5.41 Å². The van der Waals surface area contributed by atoms with Crippen LogP contribution in [0, 0.1) is 0 Å². The fourth-order valence-electron chi connectivity index (χ4n) is 9.71. The molecule has 0 N–H and O–H groups in total. The standard InChI is InChI=1S/C45H36Si/c1-46(2)41-20-10-9-19-39(41)45(25-11-12-26-45)40-24-22-30(28-42(40)46)29-21-23-34-33-15-5-7-17-36(33)43-35-16-6-3-13-31(35)32-14-4-8-18-37(32)44(43)38(34)27-29/h3-10,13-24,27-28H,11-12,25-26H2,1-2H3. The second-order valence-corrected chi connectivity index (χ2v) is 18.7. The Morgan fingerprint density at radius 3 is 1.50 bits per heavy atom. The van der Waals surface area contributed by atoms with Gasteiger partial charge < -0.3 is 0 Å². The second kappa shape index (κ2) is 9.41. The lowest BCUT2D eigenvalue weighted by molar-refractivity contribution is 0.538. The van der Waals surface area contributed by atoms with Crippen molar-refractivity contribution in [3.63, 3.8) is 0 Å². The van der Waals surface area contributed by atoms with Crippen molar-refractivity contribution in [1.82, 2.24) is 0 Å². The van der Waals surface area contributed by atoms with Gasteiger partial charge in [0.1, 0.15) is 8.07 Å². The van der Waals surface area contributed by atoms with Gasteiger partial charge in [-0.15, -0.1) is 0 Å². The molecule has 1 aliphatic heterocycles. The lowest BCUT2D eigenvalue weighted by atomic mass is 9.72. The van der Waals surface area contributed by atoms with Crippen LogP contribution in [0.15, 0.2) is 133 Å². The van der Waals surface area contributed by atoms with Gasteiger partial charge in [-0.05, 0) is 100 Å². The van der Waals surface area contributed by atoms with Crippen molar-refractivity contribution in [2.24, 2.45) is 0 Å². The zero-order valence-electron chi connectivity index (χ0n) is 26.5. The van der Waals surface area contributed by atoms with Crippen LogP contribution in [0.1, 0.15) is 36.8 Å². The topological polar surface area (TPSA) is 0 Å². The van der Waals surface area contributed by atoms with Gasteiger partial charge in [0.15, 0.2) is 0 Å². The lowest BCUT2D eigenvalue weighted by Crippen LogP contribution is -2.62. The molecule has 2 aliphatic rings. The third-order valence-corrected chi connectivity index (χ3v) is 15.4. The Bertz CT molecular complexity index is 2550. The largest absolute Gasteiger partial charge is 0.113 e. The summed E-state index contributed by atoms with van der Waals surface area (Å²) in [6.07, 6.45) is 5.20. The third-order valence-electron chi connectivity index (χ3n) is 11.8. The number of hydrogen-bond acceptors (Lipinski definition) is 0. The number of hydrogen-bond donors (Lipinski definition) is 0. The fraction of sp³-hybridized carbons (Fsp3) is 0.156. The van der Waals surface area contributed by atoms with E-state index < -0.39 is 8.07 Å². The molecule has 220 valence electrons. The molecule has 1 spiro atoms. The monoisotopic (exact) mass is 604 g/mol. The maximum atomic E-state index is 2.61. The first-order valence-electron chi connectivity index (χ1n) is 17.0. The Kier molecular flexibility index (Phi) is 5.42. The van der Waals surface area contributed by atoms with E-state index in [1.165, 1.54) is 90.7 Å². The van der Waals surface area contributed by atoms with Gasteiger partial charge in [-0.2, -0.15) is 0 Å². The molecular formula is C45H36Si. The van der Waals surface area contributed by atoms with E-state index in [-0.39, 0.29) is 5.41 Å². The molecule has 0 aromatic heterocycles. The molecule has 0 saturated heterocycles. The predicted octanol–water partition coefficient (Wildman–Crippen LogP) is 11.1. The van der Waals surface area contributed by atoms with Crippen LogP contribution in [0.3, 0.4) is 0 Å². The van der Waals surface area contributed by atoms with Crippen molar-refractivity contribution in [2.75, 3.05) is 0 Å². The van der Waals surface area contributed by atoms with Crippen LogP contribution in [-0.2, 0) is 5.41 Å². The van der Waals surface area contributed by atoms with Gasteiger partial charge in [-0.3, -0.25) is 0 Å². The average Bonchev–Trinajstić information content (AvgIpc) is 3.61. The van der Waals surface area contributed by atoms with Gasteiger partial charge in [-0.1, -0.05) is 159 Å². The van der Waals surface area contributed by atoms with Crippen molar-refractivity contribution in [3.8, 4) is 11.1 Å². The van der Waals surface area contributed by atoms with Crippen molar-refractivity contribution in [1.29, 1.82) is 0 Å². The molecule has 1 saturated carbocycles. The Labute approximate surface area is 271 Å². The normalized spacial score (nSPS) is 16.5. The minimum absolute atomic E-state index is 0.186. The van der Waals surface area contributed by atoms with E-state index in [4.69, 9.17) is 0 Å². The Morgan fingerprint density at radius 2 is 0.870 bits per heavy atom. The number of fused-ring (bicyclic) bond motifs is 15. The average molecular weight is 605 g/mol. The first kappa shape index (κ1) is 26.5. The van der Waals surface area contributed by atoms with Crippen molar-refractivity contribution in [2.45, 2.75) is 44.2 Å². The highest BCUT2D eigenvalue weighted by atomic mass is 28.3. The fourth-order valence-corrected chi connectivity index (χ4v) is 13.0. The van der Waals surface area contributed by atoms with E-state index in [0.717, 1.165) is 0 Å². The van der Waals surface area contributed by atoms with Gasteiger partial charge in [0.05, 0.1) is 0 Å². The highest BCUT2D eigenvalue weighted by Gasteiger charge is 2.48. The van der Waals surface area contributed by atoms with Crippen molar-refractivity contribution in [3.05, 3.63) is 145 Å². The Balaban J connectivity index is 1.29. The lowest BCUT2D eigenvalue weighted by Gasteiger charge is -2.45. The summed E-state index contributed by atoms with van der Waals surface area (Å²) in [6, 6.07) is 51.3. The molecule has 8 aromatic rings. The summed E-state index contributed by atoms with van der Waals surface area (Å²) in [5.74, 6) is 0. The van der Waals surface area contributed by atoms with Crippen molar-refractivity contribution < 1.29 is 0 Å². The van der Waals surface area contributed by atoms with Crippen LogP contribution in [0.25, 0.3) is 65.0 Å². The van der Waals surface area contributed by atoms with Gasteiger partial charge in [0.25, 0.3) is 0 Å². The number of rotatable bonds is 1. The molecule has 1 aliphatic carbocycles. The second-order valence-electron chi connectivity index (χ2n) is 14.4. The van der Waals surface area contributed by atoms with Gasteiger partial charge in [0.2, 0.25) is 0 Å². The third kappa shape index (κ3) is 3.39. The van der Waals surface area contributed by atoms with Crippen LogP contribution in [0.4, 0.5) is 0 Å². The summed E-state index contributed by atoms with van der Waals surface area (Å²) in [5.41, 5.74) is 6.10. The molecular weight excluding hydrogens is 569 g/mol. The maximum Gasteiger partial charge on any atom is 0.113 e. The highest BCUT2D eigenvalue weighted by molar-refractivity contribution is 7.01. The van der Waals surface area contributed by atoms with E-state index in [1.807, 2.05) is 0 Å². The SMILES string of the molecule is C[Si]1(C)c2ccccc2C2(CCCC2)c2ccc(-c3ccc4c5ccccc5c5c6ccccc6c6ccccc6c5c4c3)cc21. The minimum Gasteiger partial charge on any atom is -0.0623 e. The van der Waals surface area contributed by atoms with Crippen LogP contribution in [0.2, 0.25) is 13.1 Å². The molecule has 1 heterocycles. The molecule has 0 radical (unpaired) electrons. The molecule has 0 atom stereocenters. The summed E-state index contributed by atoms with van der Waals surface area (Å²) < 4.78 is 0. The van der Waals surface area contributed by atoms with Crippen LogP contribution in [-0.4, -0.2) is 8.07 Å². The molecule has 1 fully saturated rings. The Morgan fingerprint density at radius 1 is 0.413 bits per heavy atom. The summed E-state index contributed by atoms with van der Waals surface area (Å²) in [6.45, 7) is 5.15. The first-order chi connectivity index (χ1) is 22.6. The van der Waals surface area contributed by atoms with E-state index >= 15 is 0 Å². The van der Waals surface area contributed by atoms with E-state index in [9.17, 15) is 0 Å². The maximum absolute atomic E-state index is 2.61. The van der Waals surface area contributed by atoms with Gasteiger partial charge >= 0.3 is 0 Å².